The summed E-state index contributed by atoms with van der Waals surface area (Å²) in [7, 11) is 0. The largest absolute Gasteiger partial charge is 0.296 e. The van der Waals surface area contributed by atoms with Crippen LogP contribution in [0.2, 0.25) is 0 Å². The molecule has 1 aliphatic heterocycles. The van der Waals surface area contributed by atoms with Crippen LogP contribution >= 0.6 is 22.6 Å². The fourth-order valence-electron chi connectivity index (χ4n) is 0.959. The summed E-state index contributed by atoms with van der Waals surface area (Å²) in [6.45, 7) is 4.23. The first-order valence-electron chi connectivity index (χ1n) is 4.12. The standard InChI is InChI=1S/C10H12INO/c1-8(11)10(2)5-3-4-9(6-13)12-7-10/h3-8H,1-2H3. The first-order chi connectivity index (χ1) is 6.08. The molecule has 0 bridgehead atoms. The van der Waals surface area contributed by atoms with Gasteiger partial charge in [0.15, 0.2) is 6.29 Å². The first-order valence-corrected chi connectivity index (χ1v) is 5.37. The van der Waals surface area contributed by atoms with E-state index in [0.717, 1.165) is 6.29 Å². The normalized spacial score (nSPS) is 29.3. The molecule has 3 heteroatoms. The number of aldehydes is 1. The lowest BCUT2D eigenvalue weighted by atomic mass is 9.89. The minimum absolute atomic E-state index is 0.0537. The van der Waals surface area contributed by atoms with Crippen molar-refractivity contribution in [2.24, 2.45) is 10.4 Å². The van der Waals surface area contributed by atoms with Crippen molar-refractivity contribution in [1.29, 1.82) is 0 Å². The maximum absolute atomic E-state index is 10.5. The summed E-state index contributed by atoms with van der Waals surface area (Å²) in [6, 6.07) is 0. The van der Waals surface area contributed by atoms with Crippen LogP contribution in [0.15, 0.2) is 28.9 Å². The molecule has 0 aromatic rings. The fourth-order valence-corrected chi connectivity index (χ4v) is 1.33. The SMILES string of the molecule is CC(I)C1(C)C=CC=C(C=O)N=C1. The molecule has 0 aliphatic carbocycles. The molecule has 2 atom stereocenters. The van der Waals surface area contributed by atoms with Crippen molar-refractivity contribution in [2.45, 2.75) is 17.8 Å². The Bertz CT molecular complexity index is 291. The molecule has 0 N–H and O–H groups in total. The predicted molar refractivity (Wildman–Crippen MR) is 63.4 cm³/mol. The number of carbonyl (C=O) groups excluding carboxylic acids is 1. The molecule has 0 radical (unpaired) electrons. The second-order valence-electron chi connectivity index (χ2n) is 3.31. The minimum Gasteiger partial charge on any atom is -0.296 e. The highest BCUT2D eigenvalue weighted by Crippen LogP contribution is 2.28. The van der Waals surface area contributed by atoms with E-state index in [1.807, 2.05) is 12.3 Å². The predicted octanol–water partition coefficient (Wildman–Crippen LogP) is 2.54. The summed E-state index contributed by atoms with van der Waals surface area (Å²) in [5, 5.41) is 0. The van der Waals surface area contributed by atoms with E-state index >= 15 is 0 Å². The third-order valence-corrected chi connectivity index (χ3v) is 3.53. The molecule has 2 nitrogen and oxygen atoms in total. The Morgan fingerprint density at radius 3 is 2.92 bits per heavy atom. The molecule has 0 spiro atoms. The van der Waals surface area contributed by atoms with Gasteiger partial charge in [-0.2, -0.15) is 0 Å². The van der Waals surface area contributed by atoms with Crippen molar-refractivity contribution in [2.75, 3.05) is 0 Å². The van der Waals surface area contributed by atoms with Gasteiger partial charge >= 0.3 is 0 Å². The van der Waals surface area contributed by atoms with Crippen LogP contribution in [-0.2, 0) is 4.79 Å². The highest BCUT2D eigenvalue weighted by Gasteiger charge is 2.24. The molecular formula is C10H12INO. The Labute approximate surface area is 92.0 Å². The van der Waals surface area contributed by atoms with Gasteiger partial charge in [0.1, 0.15) is 5.70 Å². The lowest BCUT2D eigenvalue weighted by Gasteiger charge is -2.23. The Morgan fingerprint density at radius 2 is 2.38 bits per heavy atom. The molecule has 13 heavy (non-hydrogen) atoms. The minimum atomic E-state index is -0.0537. The van der Waals surface area contributed by atoms with Gasteiger partial charge in [-0.3, -0.25) is 9.79 Å². The lowest BCUT2D eigenvalue weighted by Crippen LogP contribution is -2.24. The maximum Gasteiger partial charge on any atom is 0.168 e. The van der Waals surface area contributed by atoms with Gasteiger partial charge in [0.05, 0.1) is 0 Å². The zero-order valence-corrected chi connectivity index (χ0v) is 9.86. The molecule has 0 aromatic heterocycles. The van der Waals surface area contributed by atoms with E-state index in [1.54, 1.807) is 6.08 Å². The molecule has 1 rings (SSSR count). The second kappa shape index (κ2) is 4.17. The topological polar surface area (TPSA) is 29.4 Å². The van der Waals surface area contributed by atoms with Gasteiger partial charge in [-0.1, -0.05) is 48.6 Å². The molecule has 0 saturated carbocycles. The van der Waals surface area contributed by atoms with Crippen LogP contribution in [0.4, 0.5) is 0 Å². The third-order valence-electron chi connectivity index (χ3n) is 2.19. The van der Waals surface area contributed by atoms with Crippen LogP contribution in [0, 0.1) is 5.41 Å². The summed E-state index contributed by atoms with van der Waals surface area (Å²) in [5.74, 6) is 0. The van der Waals surface area contributed by atoms with Crippen molar-refractivity contribution in [1.82, 2.24) is 0 Å². The molecule has 1 aliphatic rings. The number of rotatable bonds is 2. The van der Waals surface area contributed by atoms with Gasteiger partial charge in [0.25, 0.3) is 0 Å². The zero-order chi connectivity index (χ0) is 9.90. The van der Waals surface area contributed by atoms with Crippen LogP contribution in [0.3, 0.4) is 0 Å². The summed E-state index contributed by atoms with van der Waals surface area (Å²) in [6.07, 6.45) is 8.31. The number of carbonyl (C=O) groups is 1. The van der Waals surface area contributed by atoms with Crippen LogP contribution in [0.25, 0.3) is 0 Å². The van der Waals surface area contributed by atoms with E-state index in [9.17, 15) is 4.79 Å². The van der Waals surface area contributed by atoms with Gasteiger partial charge in [-0.15, -0.1) is 0 Å². The van der Waals surface area contributed by atoms with Gasteiger partial charge in [-0.25, -0.2) is 0 Å². The molecule has 0 fully saturated rings. The first kappa shape index (κ1) is 10.6. The number of aliphatic imine (C=N–C) groups is 1. The molecule has 0 aromatic carbocycles. The Balaban J connectivity index is 2.95. The number of hydrogen-bond donors (Lipinski definition) is 0. The van der Waals surface area contributed by atoms with E-state index in [1.165, 1.54) is 0 Å². The molecule has 0 amide bonds. The van der Waals surface area contributed by atoms with E-state index in [4.69, 9.17) is 0 Å². The van der Waals surface area contributed by atoms with Crippen molar-refractivity contribution in [3.8, 4) is 0 Å². The number of nitrogens with zero attached hydrogens (tertiary/aromatic N) is 1. The summed E-state index contributed by atoms with van der Waals surface area (Å²) in [4.78, 5) is 14.6. The highest BCUT2D eigenvalue weighted by molar-refractivity contribution is 14.1. The smallest absolute Gasteiger partial charge is 0.168 e. The van der Waals surface area contributed by atoms with Gasteiger partial charge < -0.3 is 0 Å². The Morgan fingerprint density at radius 1 is 1.69 bits per heavy atom. The molecule has 70 valence electrons. The van der Waals surface area contributed by atoms with E-state index in [0.29, 0.717) is 9.62 Å². The van der Waals surface area contributed by atoms with Gasteiger partial charge in [-0.05, 0) is 6.08 Å². The molecule has 2 unspecified atom stereocenters. The van der Waals surface area contributed by atoms with Crippen LogP contribution in [0.5, 0.6) is 0 Å². The zero-order valence-electron chi connectivity index (χ0n) is 7.70. The van der Waals surface area contributed by atoms with Crippen LogP contribution in [0.1, 0.15) is 13.8 Å². The average molecular weight is 289 g/mol. The van der Waals surface area contributed by atoms with Crippen molar-refractivity contribution in [3.63, 3.8) is 0 Å². The van der Waals surface area contributed by atoms with Crippen molar-refractivity contribution >= 4 is 35.1 Å². The third kappa shape index (κ3) is 2.49. The maximum atomic E-state index is 10.5. The van der Waals surface area contributed by atoms with Crippen molar-refractivity contribution < 1.29 is 4.79 Å². The van der Waals surface area contributed by atoms with Gasteiger partial charge in [0, 0.05) is 15.6 Å². The molecular weight excluding hydrogens is 277 g/mol. The monoisotopic (exact) mass is 289 g/mol. The quantitative estimate of drug-likeness (QED) is 0.436. The second-order valence-corrected chi connectivity index (χ2v) is 5.18. The number of alkyl halides is 1. The van der Waals surface area contributed by atoms with Crippen molar-refractivity contribution in [3.05, 3.63) is 23.9 Å². The number of hydrogen-bond acceptors (Lipinski definition) is 2. The Kier molecular flexibility index (Phi) is 3.41. The average Bonchev–Trinajstić information content (AvgIpc) is 2.28. The molecule has 1 heterocycles. The van der Waals surface area contributed by atoms with Crippen LogP contribution < -0.4 is 0 Å². The summed E-state index contributed by atoms with van der Waals surface area (Å²) < 4.78 is 0.449. The fraction of sp³-hybridized carbons (Fsp3) is 0.400. The Hall–Kier alpha value is -0.450. The lowest BCUT2D eigenvalue weighted by molar-refractivity contribution is -0.104. The summed E-state index contributed by atoms with van der Waals surface area (Å²) >= 11 is 2.36. The molecule has 0 saturated heterocycles. The number of halogens is 1. The van der Waals surface area contributed by atoms with Gasteiger partial charge in [0.2, 0.25) is 0 Å². The highest BCUT2D eigenvalue weighted by atomic mass is 127. The van der Waals surface area contributed by atoms with E-state index in [2.05, 4.69) is 47.5 Å². The van der Waals surface area contributed by atoms with Crippen LogP contribution in [-0.4, -0.2) is 16.4 Å². The van der Waals surface area contributed by atoms with E-state index < -0.39 is 0 Å². The number of allylic oxidation sites excluding steroid dienone is 4. The summed E-state index contributed by atoms with van der Waals surface area (Å²) in [5.41, 5.74) is 0.430. The van der Waals surface area contributed by atoms with E-state index in [-0.39, 0.29) is 5.41 Å².